The van der Waals surface area contributed by atoms with Gasteiger partial charge in [0.1, 0.15) is 5.75 Å². The zero-order valence-electron chi connectivity index (χ0n) is 13.5. The van der Waals surface area contributed by atoms with E-state index in [0.29, 0.717) is 18.0 Å². The lowest BCUT2D eigenvalue weighted by Crippen LogP contribution is -2.58. The first-order chi connectivity index (χ1) is 10.1. The number of methoxy groups -OCH3 is 1. The van der Waals surface area contributed by atoms with Gasteiger partial charge in [-0.2, -0.15) is 0 Å². The smallest absolute Gasteiger partial charge is 0.142 e. The van der Waals surface area contributed by atoms with Gasteiger partial charge >= 0.3 is 0 Å². The standard InChI is InChI=1S/C17H27BrN2O/c1-5-6-14-11-20(16(10-19-14)12(2)3)15-9-13(18)7-8-17(15)21-4/h7-9,12,14,16,19H,5-6,10-11H2,1-4H3. The first-order valence-electron chi connectivity index (χ1n) is 7.90. The van der Waals surface area contributed by atoms with Gasteiger partial charge in [-0.15, -0.1) is 0 Å². The molecule has 0 aromatic heterocycles. The lowest BCUT2D eigenvalue weighted by Gasteiger charge is -2.44. The Bertz CT molecular complexity index is 464. The highest BCUT2D eigenvalue weighted by Gasteiger charge is 2.31. The maximum absolute atomic E-state index is 5.59. The summed E-state index contributed by atoms with van der Waals surface area (Å²) in [4.78, 5) is 2.53. The second-order valence-corrected chi connectivity index (χ2v) is 7.09. The van der Waals surface area contributed by atoms with Crippen LogP contribution in [0.5, 0.6) is 5.75 Å². The maximum Gasteiger partial charge on any atom is 0.142 e. The molecule has 2 atom stereocenters. The molecule has 1 aliphatic heterocycles. The molecule has 0 radical (unpaired) electrons. The van der Waals surface area contributed by atoms with Crippen molar-refractivity contribution in [3.63, 3.8) is 0 Å². The van der Waals surface area contributed by atoms with E-state index < -0.39 is 0 Å². The Morgan fingerprint density at radius 1 is 1.43 bits per heavy atom. The molecular weight excluding hydrogens is 328 g/mol. The molecule has 2 rings (SSSR count). The van der Waals surface area contributed by atoms with E-state index in [9.17, 15) is 0 Å². The monoisotopic (exact) mass is 354 g/mol. The van der Waals surface area contributed by atoms with Crippen molar-refractivity contribution in [3.05, 3.63) is 22.7 Å². The van der Waals surface area contributed by atoms with Gasteiger partial charge < -0.3 is 15.0 Å². The van der Waals surface area contributed by atoms with Crippen LogP contribution < -0.4 is 15.0 Å². The number of anilines is 1. The third-order valence-electron chi connectivity index (χ3n) is 4.29. The van der Waals surface area contributed by atoms with Gasteiger partial charge in [-0.05, 0) is 30.5 Å². The molecule has 0 spiro atoms. The van der Waals surface area contributed by atoms with Crippen molar-refractivity contribution in [2.75, 3.05) is 25.1 Å². The molecule has 1 aromatic rings. The summed E-state index contributed by atoms with van der Waals surface area (Å²) >= 11 is 3.60. The Morgan fingerprint density at radius 2 is 2.19 bits per heavy atom. The van der Waals surface area contributed by atoms with Crippen LogP contribution in [0.1, 0.15) is 33.6 Å². The van der Waals surface area contributed by atoms with E-state index in [1.807, 2.05) is 12.1 Å². The topological polar surface area (TPSA) is 24.5 Å². The predicted octanol–water partition coefficient (Wildman–Crippen LogP) is 4.06. The van der Waals surface area contributed by atoms with E-state index in [1.165, 1.54) is 18.5 Å². The molecule has 1 N–H and O–H groups in total. The fraction of sp³-hybridized carbons (Fsp3) is 0.647. The average molecular weight is 355 g/mol. The third kappa shape index (κ3) is 3.92. The van der Waals surface area contributed by atoms with E-state index in [1.54, 1.807) is 7.11 Å². The minimum Gasteiger partial charge on any atom is -0.495 e. The Kier molecular flexibility index (Phi) is 5.94. The van der Waals surface area contributed by atoms with E-state index in [2.05, 4.69) is 53.0 Å². The van der Waals surface area contributed by atoms with Crippen LogP contribution in [0.25, 0.3) is 0 Å². The summed E-state index contributed by atoms with van der Waals surface area (Å²) in [6.45, 7) is 8.93. The molecular formula is C17H27BrN2O. The number of hydrogen-bond acceptors (Lipinski definition) is 3. The molecule has 0 aliphatic carbocycles. The highest BCUT2D eigenvalue weighted by Crippen LogP contribution is 2.35. The van der Waals surface area contributed by atoms with E-state index in [-0.39, 0.29) is 0 Å². The van der Waals surface area contributed by atoms with Gasteiger partial charge in [-0.25, -0.2) is 0 Å². The number of piperazine rings is 1. The minimum absolute atomic E-state index is 0.501. The first kappa shape index (κ1) is 16.6. The molecule has 1 saturated heterocycles. The molecule has 1 fully saturated rings. The fourth-order valence-corrected chi connectivity index (χ4v) is 3.49. The van der Waals surface area contributed by atoms with Crippen molar-refractivity contribution in [1.29, 1.82) is 0 Å². The molecule has 21 heavy (non-hydrogen) atoms. The molecule has 1 aliphatic rings. The predicted molar refractivity (Wildman–Crippen MR) is 93.4 cm³/mol. The SMILES string of the molecule is CCCC1CN(c2cc(Br)ccc2OC)C(C(C)C)CN1. The molecule has 1 heterocycles. The molecule has 0 amide bonds. The van der Waals surface area contributed by atoms with E-state index in [0.717, 1.165) is 23.3 Å². The number of rotatable bonds is 5. The van der Waals surface area contributed by atoms with Crippen LogP contribution in [-0.4, -0.2) is 32.3 Å². The Balaban J connectivity index is 2.32. The van der Waals surface area contributed by atoms with Crippen molar-refractivity contribution >= 4 is 21.6 Å². The van der Waals surface area contributed by atoms with Crippen LogP contribution in [0.3, 0.4) is 0 Å². The van der Waals surface area contributed by atoms with Crippen molar-refractivity contribution in [3.8, 4) is 5.75 Å². The summed E-state index contributed by atoms with van der Waals surface area (Å²) in [5.41, 5.74) is 1.20. The average Bonchev–Trinajstić information content (AvgIpc) is 2.47. The van der Waals surface area contributed by atoms with Gasteiger partial charge in [-0.1, -0.05) is 43.1 Å². The quantitative estimate of drug-likeness (QED) is 0.862. The van der Waals surface area contributed by atoms with Gasteiger partial charge in [0.2, 0.25) is 0 Å². The van der Waals surface area contributed by atoms with Gasteiger partial charge in [0, 0.05) is 29.6 Å². The van der Waals surface area contributed by atoms with Crippen LogP contribution in [0.2, 0.25) is 0 Å². The number of halogens is 1. The third-order valence-corrected chi connectivity index (χ3v) is 4.78. The normalized spacial score (nSPS) is 22.7. The highest BCUT2D eigenvalue weighted by atomic mass is 79.9. The fourth-order valence-electron chi connectivity index (χ4n) is 3.14. The highest BCUT2D eigenvalue weighted by molar-refractivity contribution is 9.10. The number of benzene rings is 1. The molecule has 4 heteroatoms. The number of ether oxygens (including phenoxy) is 1. The number of nitrogens with one attached hydrogen (secondary N) is 1. The van der Waals surface area contributed by atoms with Crippen molar-refractivity contribution in [2.45, 2.75) is 45.7 Å². The Labute approximate surface area is 137 Å². The van der Waals surface area contributed by atoms with Crippen LogP contribution in [0.15, 0.2) is 22.7 Å². The largest absolute Gasteiger partial charge is 0.495 e. The van der Waals surface area contributed by atoms with E-state index in [4.69, 9.17) is 4.74 Å². The summed E-state index contributed by atoms with van der Waals surface area (Å²) in [5, 5.41) is 3.71. The number of hydrogen-bond donors (Lipinski definition) is 1. The van der Waals surface area contributed by atoms with Crippen molar-refractivity contribution in [2.24, 2.45) is 5.92 Å². The lowest BCUT2D eigenvalue weighted by molar-refractivity contribution is 0.323. The Morgan fingerprint density at radius 3 is 2.81 bits per heavy atom. The summed E-state index contributed by atoms with van der Waals surface area (Å²) in [7, 11) is 1.75. The van der Waals surface area contributed by atoms with Crippen LogP contribution in [0.4, 0.5) is 5.69 Å². The van der Waals surface area contributed by atoms with Crippen molar-refractivity contribution in [1.82, 2.24) is 5.32 Å². The molecule has 118 valence electrons. The zero-order chi connectivity index (χ0) is 15.4. The van der Waals surface area contributed by atoms with Crippen LogP contribution in [0, 0.1) is 5.92 Å². The molecule has 1 aromatic carbocycles. The van der Waals surface area contributed by atoms with Gasteiger partial charge in [0.05, 0.1) is 12.8 Å². The maximum atomic E-state index is 5.59. The summed E-state index contributed by atoms with van der Waals surface area (Å²) in [6.07, 6.45) is 2.44. The second kappa shape index (κ2) is 7.50. The van der Waals surface area contributed by atoms with Gasteiger partial charge in [0.25, 0.3) is 0 Å². The molecule has 0 bridgehead atoms. The van der Waals surface area contributed by atoms with Gasteiger partial charge in [-0.3, -0.25) is 0 Å². The summed E-state index contributed by atoms with van der Waals surface area (Å²) < 4.78 is 6.70. The second-order valence-electron chi connectivity index (χ2n) is 6.17. The molecule has 2 unspecified atom stereocenters. The van der Waals surface area contributed by atoms with Crippen LogP contribution in [-0.2, 0) is 0 Å². The summed E-state index contributed by atoms with van der Waals surface area (Å²) in [5.74, 6) is 1.56. The van der Waals surface area contributed by atoms with Crippen LogP contribution >= 0.6 is 15.9 Å². The van der Waals surface area contributed by atoms with Crippen molar-refractivity contribution < 1.29 is 4.74 Å². The molecule has 0 saturated carbocycles. The first-order valence-corrected chi connectivity index (χ1v) is 8.69. The molecule has 3 nitrogen and oxygen atoms in total. The lowest BCUT2D eigenvalue weighted by atomic mass is 9.96. The number of nitrogens with zero attached hydrogens (tertiary/aromatic N) is 1. The Hall–Kier alpha value is -0.740. The van der Waals surface area contributed by atoms with E-state index >= 15 is 0 Å². The minimum atomic E-state index is 0.501. The summed E-state index contributed by atoms with van der Waals surface area (Å²) in [6, 6.07) is 7.34. The zero-order valence-corrected chi connectivity index (χ0v) is 15.1. The van der Waals surface area contributed by atoms with Gasteiger partial charge in [0.15, 0.2) is 0 Å².